The fourth-order valence-corrected chi connectivity index (χ4v) is 76.6. The van der Waals surface area contributed by atoms with E-state index in [2.05, 4.69) is 146 Å². The second-order valence-electron chi connectivity index (χ2n) is 22.7. The van der Waals surface area contributed by atoms with Gasteiger partial charge in [0.05, 0.1) is 7.11 Å². The molecule has 0 N–H and O–H groups in total. The Balaban J connectivity index is 1.55. The highest BCUT2D eigenvalue weighted by molar-refractivity contribution is 7.02. The minimum absolute atomic E-state index is 0.322. The molecule has 0 saturated carbocycles. The molecule has 0 aromatic heterocycles. The normalized spacial score (nSPS) is 28.2. The Bertz CT molecular complexity index is 2040. The number of carbonyl (C=O) groups excluding carboxylic acids is 1. The largest absolute Gasteiger partial charge is 0.496 e. The van der Waals surface area contributed by atoms with Gasteiger partial charge in [0, 0.05) is 30.3 Å². The lowest BCUT2D eigenvalue weighted by Gasteiger charge is -2.51. The molecule has 0 bridgehead atoms. The lowest BCUT2D eigenvalue weighted by molar-refractivity contribution is -0.132. The summed E-state index contributed by atoms with van der Waals surface area (Å²) in [6.07, 6.45) is 0. The molecule has 65 heavy (non-hydrogen) atoms. The van der Waals surface area contributed by atoms with E-state index in [1.54, 1.807) is 7.11 Å². The van der Waals surface area contributed by atoms with Crippen molar-refractivity contribution >= 4 is 91.1 Å². The van der Waals surface area contributed by atoms with Gasteiger partial charge in [-0.25, -0.2) is 0 Å². The Hall–Kier alpha value is -0.481. The maximum atomic E-state index is 12.0. The summed E-state index contributed by atoms with van der Waals surface area (Å²) < 4.78 is 77.1. The summed E-state index contributed by atoms with van der Waals surface area (Å²) in [7, 11) is -25.9. The Morgan fingerprint density at radius 3 is 0.923 bits per heavy atom. The van der Waals surface area contributed by atoms with Crippen LogP contribution in [-0.2, 0) is 53.9 Å². The monoisotopic (exact) mass is 1070 g/mol. The average molecular weight is 1080 g/mol. The highest BCUT2D eigenvalue weighted by Crippen LogP contribution is 2.42. The van der Waals surface area contributed by atoms with Crippen molar-refractivity contribution < 1.29 is 51.3 Å². The quantitative estimate of drug-likeness (QED) is 0.114. The zero-order valence-electron chi connectivity index (χ0n) is 45.2. The van der Waals surface area contributed by atoms with Crippen molar-refractivity contribution in [3.63, 3.8) is 0 Å². The van der Waals surface area contributed by atoms with E-state index in [0.717, 1.165) is 50.5 Å². The number of hydrogen-bond donors (Lipinski definition) is 0. The summed E-state index contributed by atoms with van der Waals surface area (Å²) in [5, 5.41) is 0. The van der Waals surface area contributed by atoms with Crippen LogP contribution in [-0.4, -0.2) is 98.2 Å². The van der Waals surface area contributed by atoms with Crippen LogP contribution in [0.15, 0.2) is 0 Å². The molecule has 0 amide bonds. The molecule has 0 spiro atoms. The Kier molecular flexibility index (Phi) is 16.9. The van der Waals surface area contributed by atoms with E-state index in [1.165, 1.54) is 29.2 Å². The van der Waals surface area contributed by atoms with Gasteiger partial charge in [-0.15, -0.1) is 0 Å². The smallest absolute Gasteiger partial charge is 0.321 e. The second-order valence-corrected chi connectivity index (χ2v) is 60.9. The van der Waals surface area contributed by atoms with Gasteiger partial charge in [-0.1, -0.05) is 0 Å². The highest BCUT2D eigenvalue weighted by Gasteiger charge is 2.59. The third kappa shape index (κ3) is 14.3. The van der Waals surface area contributed by atoms with Crippen molar-refractivity contribution in [1.29, 1.82) is 0 Å². The number of benzene rings is 2. The van der Waals surface area contributed by atoms with Gasteiger partial charge < -0.3 is 46.5 Å². The van der Waals surface area contributed by atoms with Crippen molar-refractivity contribution in [3.8, 4) is 11.5 Å². The van der Waals surface area contributed by atoms with Crippen LogP contribution in [0.3, 0.4) is 0 Å². The first-order chi connectivity index (χ1) is 29.0. The Morgan fingerprint density at radius 1 is 0.431 bits per heavy atom. The molecule has 12 nitrogen and oxygen atoms in total. The van der Waals surface area contributed by atoms with Crippen LogP contribution in [0.5, 0.6) is 11.5 Å². The number of esters is 1. The Labute approximate surface area is 404 Å². The molecule has 370 valence electrons. The van der Waals surface area contributed by atoms with E-state index in [0.29, 0.717) is 17.8 Å². The summed E-state index contributed by atoms with van der Waals surface area (Å²) in [5.41, 5.74) is 12.8. The van der Waals surface area contributed by atoms with Crippen LogP contribution in [0, 0.1) is 55.4 Å². The molecule has 22 heteroatoms. The van der Waals surface area contributed by atoms with E-state index in [4.69, 9.17) is 46.5 Å². The van der Waals surface area contributed by atoms with Crippen LogP contribution in [0.2, 0.25) is 116 Å². The summed E-state index contributed by atoms with van der Waals surface area (Å²) in [6, 6.07) is 1.35. The summed E-state index contributed by atoms with van der Waals surface area (Å²) in [6.45, 7) is 53.5. The van der Waals surface area contributed by atoms with Crippen LogP contribution in [0.1, 0.15) is 62.6 Å². The number of ether oxygens (including phenoxy) is 2. The molecule has 2 heterocycles. The lowest BCUT2D eigenvalue weighted by Crippen LogP contribution is -2.69. The predicted molar refractivity (Wildman–Crippen MR) is 287 cm³/mol. The van der Waals surface area contributed by atoms with Gasteiger partial charge in [-0.3, -0.25) is 4.79 Å². The van der Waals surface area contributed by atoms with Gasteiger partial charge in [0.1, 0.15) is 11.5 Å². The second kappa shape index (κ2) is 19.3. The minimum Gasteiger partial charge on any atom is -0.496 e. The zero-order valence-corrected chi connectivity index (χ0v) is 55.2. The maximum absolute atomic E-state index is 12.0. The molecule has 0 aliphatic carbocycles. The molecule has 2 aromatic rings. The number of carbonyl (C=O) groups is 1. The van der Waals surface area contributed by atoms with Gasteiger partial charge in [-0.2, -0.15) is 0 Å². The molecule has 0 unspecified atom stereocenters. The van der Waals surface area contributed by atoms with Crippen LogP contribution >= 0.6 is 0 Å². The first-order valence-electron chi connectivity index (χ1n) is 23.2. The van der Waals surface area contributed by atoms with E-state index < -0.39 is 85.1 Å². The van der Waals surface area contributed by atoms with Crippen molar-refractivity contribution in [2.75, 3.05) is 7.11 Å². The molecular weight excluding hydrogens is 989 g/mol. The zero-order chi connectivity index (χ0) is 50.1. The van der Waals surface area contributed by atoms with Gasteiger partial charge in [-0.05, 0) is 216 Å². The first-order valence-corrected chi connectivity index (χ1v) is 50.8. The summed E-state index contributed by atoms with van der Waals surface area (Å²) in [4.78, 5) is 12.0. The van der Waals surface area contributed by atoms with Crippen LogP contribution in [0.25, 0.3) is 0 Å². The molecule has 2 aliphatic heterocycles. The summed E-state index contributed by atoms with van der Waals surface area (Å²) >= 11 is 0. The Morgan fingerprint density at radius 2 is 0.677 bits per heavy atom. The highest BCUT2D eigenvalue weighted by atomic mass is 28.5. The maximum Gasteiger partial charge on any atom is 0.321 e. The fraction of sp³-hybridized carbons (Fsp3) is 0.698. The number of hydrogen-bond acceptors (Lipinski definition) is 12. The average Bonchev–Trinajstić information content (AvgIpc) is 3.03. The third-order valence-corrected chi connectivity index (χ3v) is 60.5. The number of rotatable bonds is 12. The van der Waals surface area contributed by atoms with E-state index in [-0.39, 0.29) is 5.97 Å². The van der Waals surface area contributed by atoms with Crippen LogP contribution in [0.4, 0.5) is 0 Å². The molecule has 2 aromatic carbocycles. The number of methoxy groups -OCH3 is 1. The molecule has 0 radical (unpaired) electrons. The first kappa shape index (κ1) is 57.1. The minimum atomic E-state index is -2.92. The van der Waals surface area contributed by atoms with Crippen molar-refractivity contribution in [3.05, 3.63) is 55.6 Å². The van der Waals surface area contributed by atoms with Crippen molar-refractivity contribution in [2.24, 2.45) is 0 Å². The topological polar surface area (TPSA) is 119 Å². The van der Waals surface area contributed by atoms with Gasteiger partial charge in [0.2, 0.25) is 0 Å². The molecule has 2 aliphatic rings. The molecule has 0 atom stereocenters. The third-order valence-electron chi connectivity index (χ3n) is 12.6. The lowest BCUT2D eigenvalue weighted by atomic mass is 9.94. The molecule has 4 rings (SSSR count). The molecular formula is C43H86O12Si10. The van der Waals surface area contributed by atoms with Gasteiger partial charge in [0.25, 0.3) is 0 Å². The SMILES string of the molecule is COc1c(C)c(C)c(C[Si]2(C)O[Si](C)(C)O[Si](C)(C[Si](C)(C)O[Si](C)(C)C[Si]3(C)O[Si](C)(C)O[Si](C)(Cc4c(C)c(C)c(OC(C)=O)c(C)c4C)O[Si](C)(C)O3)O[Si](C)(C)O2)c(C)c1C. The molecule has 2 saturated heterocycles. The van der Waals surface area contributed by atoms with Crippen LogP contribution < -0.4 is 9.47 Å². The predicted octanol–water partition coefficient (Wildman–Crippen LogP) is 11.7. The van der Waals surface area contributed by atoms with E-state index >= 15 is 0 Å². The molecule has 2 fully saturated rings. The van der Waals surface area contributed by atoms with Gasteiger partial charge >= 0.3 is 74.5 Å². The van der Waals surface area contributed by atoms with Crippen molar-refractivity contribution in [2.45, 2.75) is 190 Å². The summed E-state index contributed by atoms with van der Waals surface area (Å²) in [5.74, 6) is 1.27. The standard InChI is InChI=1S/C43H86O12Si10/c1-31-35(5)42(45-10)36(6)32(2)40(31)27-62(23)48-58(15,16)52-64(25,53-59(17,18)49-62)29-56(11,12)47-57(13,14)30-65(26)54-60(19,20)50-63(24,51-61(21,22)55-65)28-41-33(3)37(7)43(46-39(9)44)38(8)34(41)4/h27-30H2,1-26H3. The van der Waals surface area contributed by atoms with E-state index in [1.807, 2.05) is 13.8 Å². The van der Waals surface area contributed by atoms with Crippen molar-refractivity contribution in [1.82, 2.24) is 0 Å². The van der Waals surface area contributed by atoms with Gasteiger partial charge in [0.15, 0.2) is 16.6 Å². The fourth-order valence-electron chi connectivity index (χ4n) is 11.5. The van der Waals surface area contributed by atoms with E-state index in [9.17, 15) is 4.79 Å².